The molecule has 3 aliphatic rings. The van der Waals surface area contributed by atoms with Crippen molar-refractivity contribution < 1.29 is 14.3 Å². The van der Waals surface area contributed by atoms with Gasteiger partial charge in [-0.25, -0.2) is 0 Å². The molecule has 4 nitrogen and oxygen atoms in total. The Morgan fingerprint density at radius 2 is 1.82 bits per heavy atom. The summed E-state index contributed by atoms with van der Waals surface area (Å²) in [6.45, 7) is 2.06. The number of ether oxygens (including phenoxy) is 2. The number of hydrogen-bond donors (Lipinski definition) is 1. The van der Waals surface area contributed by atoms with Crippen LogP contribution in [0.5, 0.6) is 0 Å². The number of carbonyl (C=O) groups is 1. The summed E-state index contributed by atoms with van der Waals surface area (Å²) in [6.07, 6.45) is 5.08. The molecule has 1 aromatic carbocycles. The molecule has 3 fully saturated rings. The average Bonchev–Trinajstić information content (AvgIpc) is 3.48. The van der Waals surface area contributed by atoms with E-state index in [9.17, 15) is 4.79 Å². The van der Waals surface area contributed by atoms with E-state index >= 15 is 0 Å². The molecule has 4 rings (SSSR count). The van der Waals surface area contributed by atoms with Gasteiger partial charge in [0.05, 0.1) is 13.2 Å². The summed E-state index contributed by atoms with van der Waals surface area (Å²) in [7, 11) is 0. The Bertz CT molecular complexity index is 533. The van der Waals surface area contributed by atoms with Gasteiger partial charge in [0.15, 0.2) is 6.29 Å². The van der Waals surface area contributed by atoms with Gasteiger partial charge in [0.1, 0.15) is 0 Å². The molecule has 1 amide bonds. The molecule has 0 aromatic heterocycles. The van der Waals surface area contributed by atoms with Crippen molar-refractivity contribution in [1.82, 2.24) is 5.32 Å². The zero-order valence-corrected chi connectivity index (χ0v) is 12.8. The second-order valence-electron chi connectivity index (χ2n) is 6.75. The van der Waals surface area contributed by atoms with Crippen LogP contribution in [0.4, 0.5) is 0 Å². The summed E-state index contributed by atoms with van der Waals surface area (Å²) in [4.78, 5) is 12.4. The second-order valence-corrected chi connectivity index (χ2v) is 6.75. The molecule has 0 unspecified atom stereocenters. The lowest BCUT2D eigenvalue weighted by Crippen LogP contribution is -2.31. The summed E-state index contributed by atoms with van der Waals surface area (Å²) in [5.74, 6) is 2.44. The monoisotopic (exact) mass is 301 g/mol. The Morgan fingerprint density at radius 1 is 1.14 bits per heavy atom. The van der Waals surface area contributed by atoms with E-state index in [0.717, 1.165) is 23.9 Å². The van der Waals surface area contributed by atoms with Crippen LogP contribution in [0.3, 0.4) is 0 Å². The number of nitrogens with one attached hydrogen (secondary N) is 1. The first-order chi connectivity index (χ1) is 10.8. The first-order valence-corrected chi connectivity index (χ1v) is 8.42. The van der Waals surface area contributed by atoms with Gasteiger partial charge in [-0.1, -0.05) is 12.1 Å². The third-order valence-corrected chi connectivity index (χ3v) is 5.00. The SMILES string of the molecule is O=C(NCC(C1CC1)C1CC1)c1cccc(C2OCCO2)c1. The molecule has 1 aromatic rings. The van der Waals surface area contributed by atoms with Gasteiger partial charge >= 0.3 is 0 Å². The number of rotatable bonds is 6. The van der Waals surface area contributed by atoms with Gasteiger partial charge in [-0.3, -0.25) is 4.79 Å². The predicted octanol–water partition coefficient (Wildman–Crippen LogP) is 2.90. The topological polar surface area (TPSA) is 47.6 Å². The highest BCUT2D eigenvalue weighted by Crippen LogP contribution is 2.48. The van der Waals surface area contributed by atoms with Gasteiger partial charge in [-0.05, 0) is 55.6 Å². The van der Waals surface area contributed by atoms with Crippen LogP contribution in [0.25, 0.3) is 0 Å². The number of amides is 1. The third kappa shape index (κ3) is 3.18. The van der Waals surface area contributed by atoms with Gasteiger partial charge < -0.3 is 14.8 Å². The van der Waals surface area contributed by atoms with Crippen molar-refractivity contribution in [1.29, 1.82) is 0 Å². The van der Waals surface area contributed by atoms with Crippen LogP contribution < -0.4 is 5.32 Å². The quantitative estimate of drug-likeness (QED) is 0.879. The number of carbonyl (C=O) groups excluding carboxylic acids is 1. The van der Waals surface area contributed by atoms with Gasteiger partial charge in [0.2, 0.25) is 0 Å². The Hall–Kier alpha value is -1.39. The number of hydrogen-bond acceptors (Lipinski definition) is 3. The molecular weight excluding hydrogens is 278 g/mol. The van der Waals surface area contributed by atoms with E-state index in [2.05, 4.69) is 5.32 Å². The molecule has 0 radical (unpaired) electrons. The molecule has 22 heavy (non-hydrogen) atoms. The van der Waals surface area contributed by atoms with Crippen molar-refractivity contribution in [3.05, 3.63) is 35.4 Å². The summed E-state index contributed by atoms with van der Waals surface area (Å²) >= 11 is 0. The lowest BCUT2D eigenvalue weighted by molar-refractivity contribution is -0.0441. The number of benzene rings is 1. The molecular formula is C18H23NO3. The van der Waals surface area contributed by atoms with Gasteiger partial charge in [-0.15, -0.1) is 0 Å². The van der Waals surface area contributed by atoms with Gasteiger partial charge in [0.25, 0.3) is 5.91 Å². The second kappa shape index (κ2) is 6.01. The lowest BCUT2D eigenvalue weighted by atomic mass is 9.98. The zero-order valence-electron chi connectivity index (χ0n) is 12.8. The normalized spacial score (nSPS) is 22.2. The van der Waals surface area contributed by atoms with Crippen LogP contribution in [-0.2, 0) is 9.47 Å². The summed E-state index contributed by atoms with van der Waals surface area (Å²) in [5.41, 5.74) is 1.62. The molecule has 0 atom stereocenters. The molecule has 2 aliphatic carbocycles. The third-order valence-electron chi connectivity index (χ3n) is 5.00. The molecule has 1 heterocycles. The maximum absolute atomic E-state index is 12.4. The summed E-state index contributed by atoms with van der Waals surface area (Å²) in [5, 5.41) is 3.14. The van der Waals surface area contributed by atoms with Crippen LogP contribution in [0.15, 0.2) is 24.3 Å². The molecule has 0 bridgehead atoms. The Labute approximate surface area is 131 Å². The highest BCUT2D eigenvalue weighted by molar-refractivity contribution is 5.94. The minimum absolute atomic E-state index is 0.0196. The maximum atomic E-state index is 12.4. The molecule has 0 spiro atoms. The van der Waals surface area contributed by atoms with Crippen molar-refractivity contribution >= 4 is 5.91 Å². The fourth-order valence-corrected chi connectivity index (χ4v) is 3.46. The van der Waals surface area contributed by atoms with E-state index in [1.807, 2.05) is 24.3 Å². The van der Waals surface area contributed by atoms with E-state index in [1.165, 1.54) is 25.7 Å². The van der Waals surface area contributed by atoms with Crippen molar-refractivity contribution in [3.63, 3.8) is 0 Å². The Balaban J connectivity index is 1.38. The van der Waals surface area contributed by atoms with E-state index < -0.39 is 0 Å². The molecule has 1 N–H and O–H groups in total. The van der Waals surface area contributed by atoms with E-state index in [-0.39, 0.29) is 12.2 Å². The van der Waals surface area contributed by atoms with Crippen molar-refractivity contribution in [3.8, 4) is 0 Å². The van der Waals surface area contributed by atoms with E-state index in [4.69, 9.17) is 9.47 Å². The molecule has 4 heteroatoms. The van der Waals surface area contributed by atoms with Crippen LogP contribution in [0, 0.1) is 17.8 Å². The Morgan fingerprint density at radius 3 is 2.45 bits per heavy atom. The zero-order chi connectivity index (χ0) is 14.9. The predicted molar refractivity (Wildman–Crippen MR) is 82.4 cm³/mol. The van der Waals surface area contributed by atoms with Crippen molar-refractivity contribution in [2.75, 3.05) is 19.8 Å². The van der Waals surface area contributed by atoms with E-state index in [0.29, 0.717) is 24.7 Å². The fourth-order valence-electron chi connectivity index (χ4n) is 3.46. The van der Waals surface area contributed by atoms with Crippen molar-refractivity contribution in [2.24, 2.45) is 17.8 Å². The molecule has 1 saturated heterocycles. The Kier molecular flexibility index (Phi) is 3.89. The smallest absolute Gasteiger partial charge is 0.251 e. The highest BCUT2D eigenvalue weighted by Gasteiger charge is 2.41. The first-order valence-electron chi connectivity index (χ1n) is 8.42. The van der Waals surface area contributed by atoms with Crippen LogP contribution in [0.2, 0.25) is 0 Å². The highest BCUT2D eigenvalue weighted by atomic mass is 16.7. The van der Waals surface area contributed by atoms with Crippen LogP contribution >= 0.6 is 0 Å². The van der Waals surface area contributed by atoms with Crippen LogP contribution in [-0.4, -0.2) is 25.7 Å². The standard InChI is InChI=1S/C18H23NO3/c20-17(19-11-16(12-4-5-12)13-6-7-13)14-2-1-3-15(10-14)18-21-8-9-22-18/h1-3,10,12-13,16,18H,4-9,11H2,(H,19,20). The minimum atomic E-state index is -0.321. The van der Waals surface area contributed by atoms with Crippen LogP contribution in [0.1, 0.15) is 47.9 Å². The van der Waals surface area contributed by atoms with Crippen molar-refractivity contribution in [2.45, 2.75) is 32.0 Å². The minimum Gasteiger partial charge on any atom is -0.352 e. The molecule has 2 saturated carbocycles. The van der Waals surface area contributed by atoms with Gasteiger partial charge in [0, 0.05) is 17.7 Å². The van der Waals surface area contributed by atoms with E-state index in [1.54, 1.807) is 0 Å². The largest absolute Gasteiger partial charge is 0.352 e. The van der Waals surface area contributed by atoms with Gasteiger partial charge in [-0.2, -0.15) is 0 Å². The average molecular weight is 301 g/mol. The molecule has 1 aliphatic heterocycles. The maximum Gasteiger partial charge on any atom is 0.251 e. The first kappa shape index (κ1) is 14.2. The lowest BCUT2D eigenvalue weighted by Gasteiger charge is -2.16. The summed E-state index contributed by atoms with van der Waals surface area (Å²) < 4.78 is 11.0. The fraction of sp³-hybridized carbons (Fsp3) is 0.611. The molecule has 118 valence electrons. The summed E-state index contributed by atoms with van der Waals surface area (Å²) in [6, 6.07) is 7.59.